The molecule has 0 aliphatic rings. The second-order valence-corrected chi connectivity index (χ2v) is 5.74. The van der Waals surface area contributed by atoms with Crippen LogP contribution >= 0.6 is 0 Å². The molecule has 0 bridgehead atoms. The van der Waals surface area contributed by atoms with Crippen molar-refractivity contribution >= 4 is 17.5 Å². The quantitative estimate of drug-likeness (QED) is 0.690. The monoisotopic (exact) mass is 373 g/mol. The average Bonchev–Trinajstić information content (AvgIpc) is 2.96. The van der Waals surface area contributed by atoms with Gasteiger partial charge in [0.2, 0.25) is 0 Å². The van der Waals surface area contributed by atoms with Gasteiger partial charge in [-0.25, -0.2) is 23.2 Å². The van der Waals surface area contributed by atoms with Crippen LogP contribution in [0.1, 0.15) is 28.7 Å². The molecule has 3 aromatic rings. The molecule has 0 atom stereocenters. The van der Waals surface area contributed by atoms with E-state index in [0.717, 1.165) is 23.5 Å². The molecule has 9 heteroatoms. The van der Waals surface area contributed by atoms with E-state index in [-0.39, 0.29) is 29.6 Å². The largest absolute Gasteiger partial charge is 0.462 e. The molecule has 0 amide bonds. The molecule has 27 heavy (non-hydrogen) atoms. The highest BCUT2D eigenvalue weighted by Gasteiger charge is 2.19. The molecule has 0 unspecified atom stereocenters. The summed E-state index contributed by atoms with van der Waals surface area (Å²) in [5, 5.41) is 7.00. The number of aromatic nitrogens is 4. The van der Waals surface area contributed by atoms with Gasteiger partial charge in [-0.1, -0.05) is 0 Å². The predicted molar refractivity (Wildman–Crippen MR) is 94.2 cm³/mol. The van der Waals surface area contributed by atoms with Crippen LogP contribution in [0.5, 0.6) is 0 Å². The number of ether oxygens (including phenoxy) is 1. The summed E-state index contributed by atoms with van der Waals surface area (Å²) in [4.78, 5) is 20.7. The Morgan fingerprint density at radius 2 is 2.04 bits per heavy atom. The maximum atomic E-state index is 14.0. The van der Waals surface area contributed by atoms with Gasteiger partial charge in [-0.2, -0.15) is 10.1 Å². The summed E-state index contributed by atoms with van der Waals surface area (Å²) in [5.41, 5.74) is 1.53. The van der Waals surface area contributed by atoms with Gasteiger partial charge in [-0.3, -0.25) is 0 Å². The molecule has 0 saturated heterocycles. The Bertz CT molecular complexity index is 1000. The molecular formula is C18H17F2N5O2. The van der Waals surface area contributed by atoms with E-state index in [4.69, 9.17) is 4.74 Å². The van der Waals surface area contributed by atoms with Crippen molar-refractivity contribution in [3.05, 3.63) is 59.0 Å². The van der Waals surface area contributed by atoms with Crippen LogP contribution in [0, 0.1) is 25.5 Å². The van der Waals surface area contributed by atoms with Crippen LogP contribution in [-0.2, 0) is 4.74 Å². The van der Waals surface area contributed by atoms with Gasteiger partial charge in [0.25, 0.3) is 5.95 Å². The zero-order chi connectivity index (χ0) is 19.6. The molecule has 0 fully saturated rings. The van der Waals surface area contributed by atoms with Crippen LogP contribution in [0.25, 0.3) is 5.95 Å². The third-order valence-corrected chi connectivity index (χ3v) is 3.65. The Balaban J connectivity index is 2.07. The number of hydrogen-bond donors (Lipinski definition) is 1. The fraction of sp³-hybridized carbons (Fsp3) is 0.222. The van der Waals surface area contributed by atoms with E-state index in [1.165, 1.54) is 16.9 Å². The summed E-state index contributed by atoms with van der Waals surface area (Å²) >= 11 is 0. The van der Waals surface area contributed by atoms with Gasteiger partial charge in [0, 0.05) is 18.0 Å². The lowest BCUT2D eigenvalue weighted by Crippen LogP contribution is -2.14. The van der Waals surface area contributed by atoms with Gasteiger partial charge in [-0.15, -0.1) is 0 Å². The highest BCUT2D eigenvalue weighted by atomic mass is 19.1. The Morgan fingerprint density at radius 3 is 2.67 bits per heavy atom. The molecule has 2 aromatic heterocycles. The average molecular weight is 373 g/mol. The van der Waals surface area contributed by atoms with E-state index in [0.29, 0.717) is 0 Å². The summed E-state index contributed by atoms with van der Waals surface area (Å²) in [6, 6.07) is 4.88. The molecule has 0 aliphatic heterocycles. The minimum atomic E-state index is -0.823. The smallest absolute Gasteiger partial charge is 0.343 e. The molecule has 0 saturated carbocycles. The number of nitrogens with zero attached hydrogens (tertiary/aromatic N) is 4. The minimum Gasteiger partial charge on any atom is -0.462 e. The number of aryl methyl sites for hydroxylation is 2. The number of hydrogen-bond acceptors (Lipinski definition) is 6. The number of rotatable bonds is 5. The molecule has 3 rings (SSSR count). The van der Waals surface area contributed by atoms with Crippen molar-refractivity contribution in [2.24, 2.45) is 0 Å². The van der Waals surface area contributed by atoms with Crippen molar-refractivity contribution in [2.45, 2.75) is 20.8 Å². The summed E-state index contributed by atoms with van der Waals surface area (Å²) < 4.78 is 33.7. The van der Waals surface area contributed by atoms with Crippen molar-refractivity contribution in [2.75, 3.05) is 11.9 Å². The SMILES string of the molecule is CCOC(=O)c1cnc(-n2nc(C)cc2C)nc1Nc1ccc(F)cc1F. The summed E-state index contributed by atoms with van der Waals surface area (Å²) in [6.45, 7) is 5.47. The lowest BCUT2D eigenvalue weighted by molar-refractivity contribution is 0.0526. The Hall–Kier alpha value is -3.36. The molecule has 0 aliphatic carbocycles. The Labute approximate surface area is 154 Å². The van der Waals surface area contributed by atoms with Gasteiger partial charge < -0.3 is 10.1 Å². The Morgan fingerprint density at radius 1 is 1.26 bits per heavy atom. The maximum Gasteiger partial charge on any atom is 0.343 e. The second-order valence-electron chi connectivity index (χ2n) is 5.74. The van der Waals surface area contributed by atoms with Crippen LogP contribution in [0.3, 0.4) is 0 Å². The number of carbonyl (C=O) groups excluding carboxylic acids is 1. The normalized spacial score (nSPS) is 10.7. The first-order valence-electron chi connectivity index (χ1n) is 8.19. The Kier molecular flexibility index (Phi) is 5.11. The first-order chi connectivity index (χ1) is 12.9. The van der Waals surface area contributed by atoms with Crippen LogP contribution in [0.15, 0.2) is 30.5 Å². The third kappa shape index (κ3) is 3.91. The van der Waals surface area contributed by atoms with E-state index in [1.54, 1.807) is 6.92 Å². The molecule has 7 nitrogen and oxygen atoms in total. The van der Waals surface area contributed by atoms with Gasteiger partial charge in [-0.05, 0) is 39.0 Å². The summed E-state index contributed by atoms with van der Waals surface area (Å²) in [6.07, 6.45) is 1.28. The maximum absolute atomic E-state index is 14.0. The van der Waals surface area contributed by atoms with Gasteiger partial charge in [0.15, 0.2) is 5.82 Å². The standard InChI is InChI=1S/C18H17F2N5O2/c1-4-27-17(26)13-9-21-18(25-11(3)7-10(2)24-25)23-16(13)22-15-6-5-12(19)8-14(15)20/h5-9H,4H2,1-3H3,(H,21,22,23). The highest BCUT2D eigenvalue weighted by molar-refractivity contribution is 5.95. The zero-order valence-electron chi connectivity index (χ0n) is 15.0. The number of esters is 1. The van der Waals surface area contributed by atoms with Crippen molar-refractivity contribution in [3.8, 4) is 5.95 Å². The van der Waals surface area contributed by atoms with Crippen molar-refractivity contribution in [1.82, 2.24) is 19.7 Å². The fourth-order valence-electron chi connectivity index (χ4n) is 2.48. The molecule has 0 radical (unpaired) electrons. The highest BCUT2D eigenvalue weighted by Crippen LogP contribution is 2.23. The molecule has 140 valence electrons. The lowest BCUT2D eigenvalue weighted by Gasteiger charge is -2.12. The number of carbonyl (C=O) groups is 1. The number of benzene rings is 1. The van der Waals surface area contributed by atoms with Crippen LogP contribution in [0.4, 0.5) is 20.3 Å². The van der Waals surface area contributed by atoms with Crippen molar-refractivity contribution in [3.63, 3.8) is 0 Å². The molecule has 1 aromatic carbocycles. The fourth-order valence-corrected chi connectivity index (χ4v) is 2.48. The second kappa shape index (κ2) is 7.48. The lowest BCUT2D eigenvalue weighted by atomic mass is 10.2. The van der Waals surface area contributed by atoms with Crippen molar-refractivity contribution < 1.29 is 18.3 Å². The number of nitrogens with one attached hydrogen (secondary N) is 1. The first-order valence-corrected chi connectivity index (χ1v) is 8.19. The first kappa shape index (κ1) is 18.4. The van der Waals surface area contributed by atoms with Gasteiger partial charge >= 0.3 is 5.97 Å². The van der Waals surface area contributed by atoms with E-state index in [2.05, 4.69) is 20.4 Å². The topological polar surface area (TPSA) is 81.9 Å². The minimum absolute atomic E-state index is 0.0193. The van der Waals surface area contributed by atoms with Crippen molar-refractivity contribution in [1.29, 1.82) is 0 Å². The number of anilines is 2. The molecule has 1 N–H and O–H groups in total. The van der Waals surface area contributed by atoms with Gasteiger partial charge in [0.05, 0.1) is 18.0 Å². The van der Waals surface area contributed by atoms with Crippen LogP contribution < -0.4 is 5.32 Å². The summed E-state index contributed by atoms with van der Waals surface area (Å²) in [5.74, 6) is -1.98. The molecule has 2 heterocycles. The van der Waals surface area contributed by atoms with E-state index in [9.17, 15) is 13.6 Å². The van der Waals surface area contributed by atoms with Crippen LogP contribution in [0.2, 0.25) is 0 Å². The third-order valence-electron chi connectivity index (χ3n) is 3.65. The predicted octanol–water partition coefficient (Wildman–Crippen LogP) is 3.48. The van der Waals surface area contributed by atoms with Gasteiger partial charge in [0.1, 0.15) is 17.2 Å². The van der Waals surface area contributed by atoms with E-state index >= 15 is 0 Å². The number of halogens is 2. The molecule has 0 spiro atoms. The van der Waals surface area contributed by atoms with E-state index < -0.39 is 17.6 Å². The molecular weight excluding hydrogens is 356 g/mol. The van der Waals surface area contributed by atoms with E-state index in [1.807, 2.05) is 19.9 Å². The van der Waals surface area contributed by atoms with Crippen LogP contribution in [-0.4, -0.2) is 32.3 Å². The summed E-state index contributed by atoms with van der Waals surface area (Å²) in [7, 11) is 0. The zero-order valence-corrected chi connectivity index (χ0v) is 15.0.